The minimum atomic E-state index is 0.111. The van der Waals surface area contributed by atoms with E-state index in [2.05, 4.69) is 29.5 Å². The van der Waals surface area contributed by atoms with Gasteiger partial charge >= 0.3 is 0 Å². The Kier molecular flexibility index (Phi) is 6.89. The molecule has 0 aliphatic heterocycles. The SMILES string of the molecule is CC1CCC(C(=O)Nc2ccc(-c3nc4ccc(NC(=O)C5CCC(C)CC5)cc4[nH]3)cc2)CC1. The van der Waals surface area contributed by atoms with Gasteiger partial charge in [0.2, 0.25) is 11.8 Å². The smallest absolute Gasteiger partial charge is 0.227 e. The Morgan fingerprint density at radius 1 is 0.743 bits per heavy atom. The highest BCUT2D eigenvalue weighted by atomic mass is 16.2. The van der Waals surface area contributed by atoms with Gasteiger partial charge in [-0.15, -0.1) is 0 Å². The van der Waals surface area contributed by atoms with Crippen molar-refractivity contribution in [1.29, 1.82) is 0 Å². The molecular weight excluding hydrogens is 436 g/mol. The summed E-state index contributed by atoms with van der Waals surface area (Å²) in [5, 5.41) is 6.17. The maximum Gasteiger partial charge on any atom is 0.227 e. The molecule has 2 aliphatic rings. The number of anilines is 2. The Bertz CT molecular complexity index is 1180. The number of hydrogen-bond acceptors (Lipinski definition) is 3. The lowest BCUT2D eigenvalue weighted by Crippen LogP contribution is -2.26. The van der Waals surface area contributed by atoms with E-state index in [-0.39, 0.29) is 23.7 Å². The number of rotatable bonds is 5. The van der Waals surface area contributed by atoms with Gasteiger partial charge in [0.25, 0.3) is 0 Å². The number of imidazole rings is 1. The van der Waals surface area contributed by atoms with Crippen LogP contribution in [-0.4, -0.2) is 21.8 Å². The quantitative estimate of drug-likeness (QED) is 0.383. The van der Waals surface area contributed by atoms with E-state index in [0.717, 1.165) is 97.0 Å². The molecule has 6 nitrogen and oxygen atoms in total. The van der Waals surface area contributed by atoms with Crippen molar-refractivity contribution in [2.24, 2.45) is 23.7 Å². The van der Waals surface area contributed by atoms with Gasteiger partial charge in [0.05, 0.1) is 11.0 Å². The van der Waals surface area contributed by atoms with Crippen molar-refractivity contribution in [3.63, 3.8) is 0 Å². The average molecular weight is 473 g/mol. The molecule has 3 aromatic rings. The van der Waals surface area contributed by atoms with Gasteiger partial charge in [-0.3, -0.25) is 9.59 Å². The molecule has 0 spiro atoms. The van der Waals surface area contributed by atoms with Crippen LogP contribution in [0.1, 0.15) is 65.2 Å². The molecule has 2 aromatic carbocycles. The number of benzene rings is 2. The van der Waals surface area contributed by atoms with Gasteiger partial charge in [0.15, 0.2) is 0 Å². The molecule has 0 atom stereocenters. The molecule has 184 valence electrons. The second-order valence-corrected chi connectivity index (χ2v) is 10.8. The van der Waals surface area contributed by atoms with Crippen LogP contribution >= 0.6 is 0 Å². The molecule has 0 bridgehead atoms. The fourth-order valence-corrected chi connectivity index (χ4v) is 5.47. The first-order valence-electron chi connectivity index (χ1n) is 13.2. The number of carbonyl (C=O) groups excluding carboxylic acids is 2. The third-order valence-electron chi connectivity index (χ3n) is 7.95. The highest BCUT2D eigenvalue weighted by molar-refractivity contribution is 5.95. The van der Waals surface area contributed by atoms with Crippen molar-refractivity contribution in [2.45, 2.75) is 65.2 Å². The van der Waals surface area contributed by atoms with Crippen LogP contribution in [0.4, 0.5) is 11.4 Å². The number of fused-ring (bicyclic) bond motifs is 1. The highest BCUT2D eigenvalue weighted by Gasteiger charge is 2.25. The lowest BCUT2D eigenvalue weighted by molar-refractivity contribution is -0.121. The van der Waals surface area contributed by atoms with Crippen molar-refractivity contribution < 1.29 is 9.59 Å². The summed E-state index contributed by atoms with van der Waals surface area (Å²) < 4.78 is 0. The summed E-state index contributed by atoms with van der Waals surface area (Å²) in [5.74, 6) is 2.71. The Morgan fingerprint density at radius 3 is 1.83 bits per heavy atom. The third kappa shape index (κ3) is 5.58. The molecule has 2 aliphatic carbocycles. The van der Waals surface area contributed by atoms with Crippen LogP contribution in [0, 0.1) is 23.7 Å². The highest BCUT2D eigenvalue weighted by Crippen LogP contribution is 2.31. The molecule has 2 saturated carbocycles. The van der Waals surface area contributed by atoms with Crippen LogP contribution in [0.3, 0.4) is 0 Å². The van der Waals surface area contributed by atoms with E-state index in [1.54, 1.807) is 0 Å². The summed E-state index contributed by atoms with van der Waals surface area (Å²) in [5.41, 5.74) is 4.31. The van der Waals surface area contributed by atoms with Crippen LogP contribution in [-0.2, 0) is 9.59 Å². The van der Waals surface area contributed by atoms with Crippen LogP contribution < -0.4 is 10.6 Å². The van der Waals surface area contributed by atoms with Crippen molar-refractivity contribution in [2.75, 3.05) is 10.6 Å². The molecule has 0 unspecified atom stereocenters. The first-order chi connectivity index (χ1) is 16.9. The molecule has 3 N–H and O–H groups in total. The number of H-pyrrole nitrogens is 1. The van der Waals surface area contributed by atoms with Gasteiger partial charge in [-0.05, 0) is 106 Å². The summed E-state index contributed by atoms with van der Waals surface area (Å²) in [4.78, 5) is 33.4. The van der Waals surface area contributed by atoms with Crippen molar-refractivity contribution in [3.8, 4) is 11.4 Å². The third-order valence-corrected chi connectivity index (χ3v) is 7.95. The van der Waals surface area contributed by atoms with Crippen molar-refractivity contribution in [1.82, 2.24) is 9.97 Å². The number of aromatic nitrogens is 2. The number of amides is 2. The van der Waals surface area contributed by atoms with Gasteiger partial charge in [-0.25, -0.2) is 4.98 Å². The first-order valence-corrected chi connectivity index (χ1v) is 13.2. The fourth-order valence-electron chi connectivity index (χ4n) is 5.47. The van der Waals surface area contributed by atoms with E-state index in [1.807, 2.05) is 42.5 Å². The van der Waals surface area contributed by atoms with E-state index < -0.39 is 0 Å². The molecule has 1 heterocycles. The standard InChI is InChI=1S/C29H36N4O2/c1-18-3-7-21(8-4-18)28(34)30-23-13-11-20(12-14-23)27-32-25-16-15-24(17-26(25)33-27)31-29(35)22-9-5-19(2)6-10-22/h11-19,21-22H,3-10H2,1-2H3,(H,30,34)(H,31,35)(H,32,33). The summed E-state index contributed by atoms with van der Waals surface area (Å²) in [7, 11) is 0. The minimum absolute atomic E-state index is 0.111. The maximum atomic E-state index is 12.7. The first kappa shape index (κ1) is 23.6. The van der Waals surface area contributed by atoms with Crippen LogP contribution in [0.5, 0.6) is 0 Å². The van der Waals surface area contributed by atoms with Crippen LogP contribution in [0.2, 0.25) is 0 Å². The zero-order chi connectivity index (χ0) is 24.4. The number of carbonyl (C=O) groups is 2. The number of aromatic amines is 1. The predicted octanol–water partition coefficient (Wildman–Crippen LogP) is 6.76. The van der Waals surface area contributed by atoms with Crippen molar-refractivity contribution in [3.05, 3.63) is 42.5 Å². The normalized spacial score (nSPS) is 24.7. The van der Waals surface area contributed by atoms with Gasteiger partial charge in [-0.1, -0.05) is 13.8 Å². The Morgan fingerprint density at radius 2 is 1.26 bits per heavy atom. The Balaban J connectivity index is 1.23. The number of nitrogens with one attached hydrogen (secondary N) is 3. The molecule has 2 amide bonds. The molecule has 0 radical (unpaired) electrons. The molecule has 1 aromatic heterocycles. The van der Waals surface area contributed by atoms with Gasteiger partial charge in [0, 0.05) is 28.8 Å². The predicted molar refractivity (Wildman–Crippen MR) is 141 cm³/mol. The Hall–Kier alpha value is -3.15. The summed E-state index contributed by atoms with van der Waals surface area (Å²) in [6.07, 6.45) is 8.42. The van der Waals surface area contributed by atoms with Gasteiger partial charge in [-0.2, -0.15) is 0 Å². The molecule has 5 rings (SSSR count). The second kappa shape index (κ2) is 10.2. The molecular formula is C29H36N4O2. The average Bonchev–Trinajstić information content (AvgIpc) is 3.29. The summed E-state index contributed by atoms with van der Waals surface area (Å²) in [6, 6.07) is 13.6. The largest absolute Gasteiger partial charge is 0.338 e. The number of nitrogens with zero attached hydrogens (tertiary/aromatic N) is 1. The lowest BCUT2D eigenvalue weighted by Gasteiger charge is -2.25. The minimum Gasteiger partial charge on any atom is -0.338 e. The topological polar surface area (TPSA) is 86.9 Å². The van der Waals surface area contributed by atoms with Crippen LogP contribution in [0.25, 0.3) is 22.4 Å². The summed E-state index contributed by atoms with van der Waals surface area (Å²) >= 11 is 0. The van der Waals surface area contributed by atoms with E-state index in [9.17, 15) is 9.59 Å². The van der Waals surface area contributed by atoms with E-state index in [0.29, 0.717) is 0 Å². The monoisotopic (exact) mass is 472 g/mol. The molecule has 6 heteroatoms. The van der Waals surface area contributed by atoms with Crippen LogP contribution in [0.15, 0.2) is 42.5 Å². The zero-order valence-corrected chi connectivity index (χ0v) is 20.8. The summed E-state index contributed by atoms with van der Waals surface area (Å²) in [6.45, 7) is 4.53. The van der Waals surface area contributed by atoms with E-state index in [4.69, 9.17) is 4.98 Å². The zero-order valence-electron chi connectivity index (χ0n) is 20.8. The molecule has 0 saturated heterocycles. The maximum absolute atomic E-state index is 12.7. The Labute approximate surface area is 207 Å². The van der Waals surface area contributed by atoms with E-state index in [1.165, 1.54) is 0 Å². The fraction of sp³-hybridized carbons (Fsp3) is 0.483. The molecule has 35 heavy (non-hydrogen) atoms. The van der Waals surface area contributed by atoms with Gasteiger partial charge < -0.3 is 15.6 Å². The lowest BCUT2D eigenvalue weighted by atomic mass is 9.82. The number of hydrogen-bond donors (Lipinski definition) is 3. The van der Waals surface area contributed by atoms with Crippen molar-refractivity contribution >= 4 is 34.2 Å². The van der Waals surface area contributed by atoms with Gasteiger partial charge in [0.1, 0.15) is 5.82 Å². The molecule has 2 fully saturated rings. The van der Waals surface area contributed by atoms with E-state index >= 15 is 0 Å². The second-order valence-electron chi connectivity index (χ2n) is 10.8.